The van der Waals surface area contributed by atoms with Gasteiger partial charge >= 0.3 is 0 Å². The van der Waals surface area contributed by atoms with E-state index in [-0.39, 0.29) is 12.2 Å². The van der Waals surface area contributed by atoms with Crippen molar-refractivity contribution in [2.24, 2.45) is 0 Å². The molecule has 0 N–H and O–H groups in total. The van der Waals surface area contributed by atoms with Crippen LogP contribution in [-0.4, -0.2) is 36.7 Å². The molecule has 2 nitrogen and oxygen atoms in total. The standard InChI is InChI=1S/C15H20ClNO/c1-12-9-17(10-13(2)18-12)11-15(16)8-14-6-4-3-5-7-14/h3-8,12-13H,9-11H2,1-2H3. The van der Waals surface area contributed by atoms with Crippen LogP contribution in [0.3, 0.4) is 0 Å². The van der Waals surface area contributed by atoms with Crippen molar-refractivity contribution in [3.8, 4) is 0 Å². The molecule has 0 bridgehead atoms. The number of ether oxygens (including phenoxy) is 1. The molecule has 1 aromatic carbocycles. The van der Waals surface area contributed by atoms with Crippen molar-refractivity contribution in [1.82, 2.24) is 4.90 Å². The molecule has 1 fully saturated rings. The lowest BCUT2D eigenvalue weighted by atomic mass is 10.2. The summed E-state index contributed by atoms with van der Waals surface area (Å²) in [7, 11) is 0. The maximum absolute atomic E-state index is 6.32. The molecule has 1 aliphatic rings. The second kappa shape index (κ2) is 6.37. The second-order valence-corrected chi connectivity index (χ2v) is 5.44. The maximum atomic E-state index is 6.32. The highest BCUT2D eigenvalue weighted by Crippen LogP contribution is 2.16. The zero-order chi connectivity index (χ0) is 13.0. The lowest BCUT2D eigenvalue weighted by Gasteiger charge is -2.35. The Morgan fingerprint density at radius 1 is 1.28 bits per heavy atom. The molecule has 1 aliphatic heterocycles. The summed E-state index contributed by atoms with van der Waals surface area (Å²) in [5.74, 6) is 0. The normalized spacial score (nSPS) is 26.3. The fourth-order valence-electron chi connectivity index (χ4n) is 2.40. The minimum Gasteiger partial charge on any atom is -0.373 e. The van der Waals surface area contributed by atoms with E-state index in [1.807, 2.05) is 24.3 Å². The van der Waals surface area contributed by atoms with Crippen LogP contribution in [0, 0.1) is 0 Å². The average Bonchev–Trinajstić information content (AvgIpc) is 2.28. The summed E-state index contributed by atoms with van der Waals surface area (Å²) >= 11 is 6.32. The smallest absolute Gasteiger partial charge is 0.0678 e. The number of benzene rings is 1. The molecule has 3 heteroatoms. The SMILES string of the molecule is CC1CN(CC(Cl)=Cc2ccccc2)CC(C)O1. The quantitative estimate of drug-likeness (QED) is 0.831. The molecule has 0 saturated carbocycles. The number of nitrogens with zero attached hydrogens (tertiary/aromatic N) is 1. The average molecular weight is 266 g/mol. The van der Waals surface area contributed by atoms with Crippen LogP contribution in [0.5, 0.6) is 0 Å². The zero-order valence-corrected chi connectivity index (χ0v) is 11.7. The number of rotatable bonds is 3. The Labute approximate surface area is 114 Å². The van der Waals surface area contributed by atoms with E-state index in [1.165, 1.54) is 0 Å². The number of hydrogen-bond acceptors (Lipinski definition) is 2. The highest BCUT2D eigenvalue weighted by atomic mass is 35.5. The van der Waals surface area contributed by atoms with E-state index in [0.29, 0.717) is 0 Å². The van der Waals surface area contributed by atoms with Gasteiger partial charge in [0.15, 0.2) is 0 Å². The van der Waals surface area contributed by atoms with Crippen LogP contribution in [0.1, 0.15) is 19.4 Å². The van der Waals surface area contributed by atoms with Gasteiger partial charge in [0.05, 0.1) is 12.2 Å². The van der Waals surface area contributed by atoms with Crippen LogP contribution in [0.4, 0.5) is 0 Å². The molecule has 1 aromatic rings. The molecular formula is C15H20ClNO. The van der Waals surface area contributed by atoms with E-state index in [1.54, 1.807) is 0 Å². The van der Waals surface area contributed by atoms with E-state index in [2.05, 4.69) is 30.9 Å². The van der Waals surface area contributed by atoms with Crippen molar-refractivity contribution in [2.75, 3.05) is 19.6 Å². The van der Waals surface area contributed by atoms with Gasteiger partial charge in [-0.1, -0.05) is 41.9 Å². The summed E-state index contributed by atoms with van der Waals surface area (Å²) in [4.78, 5) is 2.35. The fourth-order valence-corrected chi connectivity index (χ4v) is 2.70. The summed E-state index contributed by atoms with van der Waals surface area (Å²) in [6.45, 7) is 6.91. The summed E-state index contributed by atoms with van der Waals surface area (Å²) in [6, 6.07) is 10.2. The number of morpholine rings is 1. The van der Waals surface area contributed by atoms with Crippen molar-refractivity contribution in [3.63, 3.8) is 0 Å². The van der Waals surface area contributed by atoms with Crippen LogP contribution in [0.25, 0.3) is 6.08 Å². The minimum atomic E-state index is 0.287. The first kappa shape index (κ1) is 13.6. The Morgan fingerprint density at radius 3 is 2.50 bits per heavy atom. The van der Waals surface area contributed by atoms with Crippen LogP contribution in [0.2, 0.25) is 0 Å². The molecule has 2 atom stereocenters. The van der Waals surface area contributed by atoms with Crippen molar-refractivity contribution < 1.29 is 4.74 Å². The highest BCUT2D eigenvalue weighted by Gasteiger charge is 2.22. The molecule has 2 rings (SSSR count). The first-order valence-electron chi connectivity index (χ1n) is 6.42. The molecular weight excluding hydrogens is 246 g/mol. The van der Waals surface area contributed by atoms with Gasteiger partial charge in [0.2, 0.25) is 0 Å². The summed E-state index contributed by atoms with van der Waals surface area (Å²) in [5, 5.41) is 0.877. The highest BCUT2D eigenvalue weighted by molar-refractivity contribution is 6.31. The molecule has 18 heavy (non-hydrogen) atoms. The molecule has 1 saturated heterocycles. The first-order valence-corrected chi connectivity index (χ1v) is 6.80. The first-order chi connectivity index (χ1) is 8.63. The Hall–Kier alpha value is -0.830. The molecule has 1 heterocycles. The van der Waals surface area contributed by atoms with Crippen LogP contribution in [-0.2, 0) is 4.74 Å². The van der Waals surface area contributed by atoms with Crippen molar-refractivity contribution >= 4 is 17.7 Å². The third-order valence-corrected chi connectivity index (χ3v) is 3.22. The van der Waals surface area contributed by atoms with Crippen LogP contribution in [0.15, 0.2) is 35.4 Å². The van der Waals surface area contributed by atoms with Crippen molar-refractivity contribution in [3.05, 3.63) is 40.9 Å². The molecule has 0 amide bonds. The molecule has 0 aliphatic carbocycles. The van der Waals surface area contributed by atoms with Gasteiger partial charge in [0.1, 0.15) is 0 Å². The Bertz CT molecular complexity index is 394. The van der Waals surface area contributed by atoms with Gasteiger partial charge in [-0.05, 0) is 25.5 Å². The van der Waals surface area contributed by atoms with Gasteiger partial charge in [0, 0.05) is 24.7 Å². The lowest BCUT2D eigenvalue weighted by Crippen LogP contribution is -2.45. The molecule has 0 spiro atoms. The Morgan fingerprint density at radius 2 is 1.89 bits per heavy atom. The third kappa shape index (κ3) is 4.13. The van der Waals surface area contributed by atoms with Crippen molar-refractivity contribution in [1.29, 1.82) is 0 Å². The largest absolute Gasteiger partial charge is 0.373 e. The van der Waals surface area contributed by atoms with E-state index >= 15 is 0 Å². The third-order valence-electron chi connectivity index (χ3n) is 2.99. The van der Waals surface area contributed by atoms with E-state index in [9.17, 15) is 0 Å². The van der Waals surface area contributed by atoms with Crippen LogP contribution < -0.4 is 0 Å². The topological polar surface area (TPSA) is 12.5 Å². The van der Waals surface area contributed by atoms with Gasteiger partial charge in [0.25, 0.3) is 0 Å². The molecule has 0 radical (unpaired) electrons. The zero-order valence-electron chi connectivity index (χ0n) is 11.0. The summed E-state index contributed by atoms with van der Waals surface area (Å²) in [6.07, 6.45) is 2.61. The summed E-state index contributed by atoms with van der Waals surface area (Å²) in [5.41, 5.74) is 1.15. The fraction of sp³-hybridized carbons (Fsp3) is 0.467. The number of halogens is 1. The van der Waals surface area contributed by atoms with Gasteiger partial charge in [-0.15, -0.1) is 0 Å². The van der Waals surface area contributed by atoms with E-state index < -0.39 is 0 Å². The van der Waals surface area contributed by atoms with Gasteiger partial charge in [-0.25, -0.2) is 0 Å². The predicted molar refractivity (Wildman–Crippen MR) is 76.7 cm³/mol. The summed E-state index contributed by atoms with van der Waals surface area (Å²) < 4.78 is 5.71. The van der Waals surface area contributed by atoms with Crippen molar-refractivity contribution in [2.45, 2.75) is 26.1 Å². The monoisotopic (exact) mass is 265 g/mol. The van der Waals surface area contributed by atoms with Gasteiger partial charge < -0.3 is 4.74 Å². The lowest BCUT2D eigenvalue weighted by molar-refractivity contribution is -0.0648. The molecule has 98 valence electrons. The van der Waals surface area contributed by atoms with E-state index in [0.717, 1.165) is 30.2 Å². The second-order valence-electron chi connectivity index (χ2n) is 4.95. The predicted octanol–water partition coefficient (Wildman–Crippen LogP) is 3.38. The molecule has 0 aromatic heterocycles. The Balaban J connectivity index is 1.94. The number of hydrogen-bond donors (Lipinski definition) is 0. The van der Waals surface area contributed by atoms with Crippen LogP contribution >= 0.6 is 11.6 Å². The van der Waals surface area contributed by atoms with Gasteiger partial charge in [-0.3, -0.25) is 4.90 Å². The minimum absolute atomic E-state index is 0.287. The van der Waals surface area contributed by atoms with E-state index in [4.69, 9.17) is 16.3 Å². The maximum Gasteiger partial charge on any atom is 0.0678 e. The Kier molecular flexibility index (Phi) is 4.81. The molecule has 2 unspecified atom stereocenters. The van der Waals surface area contributed by atoms with Gasteiger partial charge in [-0.2, -0.15) is 0 Å².